The van der Waals surface area contributed by atoms with E-state index in [-0.39, 0.29) is 5.91 Å². The predicted molar refractivity (Wildman–Crippen MR) is 81.5 cm³/mol. The number of benzene rings is 1. The summed E-state index contributed by atoms with van der Waals surface area (Å²) in [5.74, 6) is -0.0628. The molecule has 0 aliphatic carbocycles. The number of rotatable bonds is 8. The Bertz CT molecular complexity index is 404. The summed E-state index contributed by atoms with van der Waals surface area (Å²) in [7, 11) is 0. The number of carbonyl (C=O) groups excluding carboxylic acids is 1. The maximum absolute atomic E-state index is 12.1. The van der Waals surface area contributed by atoms with Crippen LogP contribution in [0.1, 0.15) is 49.9 Å². The SMILES string of the molecule is CCCCCNc1ccc(N)cc1C(=O)NCCC. The summed E-state index contributed by atoms with van der Waals surface area (Å²) in [5, 5.41) is 6.20. The van der Waals surface area contributed by atoms with Gasteiger partial charge in [-0.2, -0.15) is 0 Å². The number of amides is 1. The minimum atomic E-state index is -0.0628. The van der Waals surface area contributed by atoms with Gasteiger partial charge in [0.15, 0.2) is 0 Å². The molecule has 0 aromatic heterocycles. The topological polar surface area (TPSA) is 67.1 Å². The van der Waals surface area contributed by atoms with Gasteiger partial charge < -0.3 is 16.4 Å². The number of nitrogen functional groups attached to an aromatic ring is 1. The van der Waals surface area contributed by atoms with E-state index in [0.29, 0.717) is 17.8 Å². The predicted octanol–water partition coefficient (Wildman–Crippen LogP) is 3.01. The van der Waals surface area contributed by atoms with Crippen LogP contribution in [0.15, 0.2) is 18.2 Å². The Hall–Kier alpha value is -1.71. The van der Waals surface area contributed by atoms with Crippen molar-refractivity contribution in [1.29, 1.82) is 0 Å². The van der Waals surface area contributed by atoms with Crippen LogP contribution in [0.25, 0.3) is 0 Å². The van der Waals surface area contributed by atoms with Crippen molar-refractivity contribution in [1.82, 2.24) is 5.32 Å². The largest absolute Gasteiger partial charge is 0.399 e. The van der Waals surface area contributed by atoms with Crippen LogP contribution in [0.2, 0.25) is 0 Å². The molecule has 0 radical (unpaired) electrons. The zero-order valence-corrected chi connectivity index (χ0v) is 12.0. The average molecular weight is 263 g/mol. The van der Waals surface area contributed by atoms with Gasteiger partial charge in [0.05, 0.1) is 5.56 Å². The smallest absolute Gasteiger partial charge is 0.253 e. The molecule has 0 unspecified atom stereocenters. The molecule has 0 heterocycles. The Morgan fingerprint density at radius 1 is 1.16 bits per heavy atom. The second kappa shape index (κ2) is 8.40. The molecule has 106 valence electrons. The molecule has 1 aromatic rings. The highest BCUT2D eigenvalue weighted by Gasteiger charge is 2.10. The quantitative estimate of drug-likeness (QED) is 0.499. The van der Waals surface area contributed by atoms with Crippen LogP contribution in [0.4, 0.5) is 11.4 Å². The van der Waals surface area contributed by atoms with Gasteiger partial charge in [-0.3, -0.25) is 4.79 Å². The second-order valence-electron chi connectivity index (χ2n) is 4.69. The Kier molecular flexibility index (Phi) is 6.79. The van der Waals surface area contributed by atoms with E-state index in [2.05, 4.69) is 17.6 Å². The third-order valence-electron chi connectivity index (χ3n) is 2.92. The highest BCUT2D eigenvalue weighted by atomic mass is 16.1. The molecule has 4 heteroatoms. The first-order chi connectivity index (χ1) is 9.19. The highest BCUT2D eigenvalue weighted by molar-refractivity contribution is 6.00. The molecule has 0 atom stereocenters. The lowest BCUT2D eigenvalue weighted by atomic mass is 10.1. The average Bonchev–Trinajstić information content (AvgIpc) is 2.42. The maximum atomic E-state index is 12.1. The zero-order valence-electron chi connectivity index (χ0n) is 12.0. The van der Waals surface area contributed by atoms with E-state index in [1.54, 1.807) is 6.07 Å². The monoisotopic (exact) mass is 263 g/mol. The first-order valence-corrected chi connectivity index (χ1v) is 7.10. The zero-order chi connectivity index (χ0) is 14.1. The summed E-state index contributed by atoms with van der Waals surface area (Å²) in [6.07, 6.45) is 4.41. The van der Waals surface area contributed by atoms with Gasteiger partial charge in [0.1, 0.15) is 0 Å². The molecule has 0 spiro atoms. The van der Waals surface area contributed by atoms with Crippen LogP contribution < -0.4 is 16.4 Å². The van der Waals surface area contributed by atoms with Gasteiger partial charge >= 0.3 is 0 Å². The molecule has 4 nitrogen and oxygen atoms in total. The van der Waals surface area contributed by atoms with Crippen LogP contribution in [0.5, 0.6) is 0 Å². The molecule has 1 amide bonds. The minimum absolute atomic E-state index is 0.0628. The Balaban J connectivity index is 2.70. The van der Waals surface area contributed by atoms with E-state index in [1.165, 1.54) is 12.8 Å². The number of hydrogen-bond acceptors (Lipinski definition) is 3. The minimum Gasteiger partial charge on any atom is -0.399 e. The second-order valence-corrected chi connectivity index (χ2v) is 4.69. The molecule has 0 aliphatic rings. The Morgan fingerprint density at radius 3 is 2.63 bits per heavy atom. The Labute approximate surface area is 115 Å². The van der Waals surface area contributed by atoms with Crippen molar-refractivity contribution in [2.75, 3.05) is 24.1 Å². The normalized spacial score (nSPS) is 10.2. The van der Waals surface area contributed by atoms with Crippen molar-refractivity contribution in [3.63, 3.8) is 0 Å². The molecule has 0 aliphatic heterocycles. The van der Waals surface area contributed by atoms with Crippen molar-refractivity contribution in [3.8, 4) is 0 Å². The standard InChI is InChI=1S/C15H25N3O/c1-3-5-6-10-17-14-8-7-12(16)11-13(14)15(19)18-9-4-2/h7-8,11,17H,3-6,9-10,16H2,1-2H3,(H,18,19). The van der Waals surface area contributed by atoms with Crippen molar-refractivity contribution in [2.24, 2.45) is 0 Å². The van der Waals surface area contributed by atoms with Crippen molar-refractivity contribution in [2.45, 2.75) is 39.5 Å². The lowest BCUT2D eigenvalue weighted by molar-refractivity contribution is 0.0954. The molecular weight excluding hydrogens is 238 g/mol. The molecule has 0 saturated carbocycles. The molecule has 0 fully saturated rings. The van der Waals surface area contributed by atoms with Gasteiger partial charge in [0, 0.05) is 24.5 Å². The van der Waals surface area contributed by atoms with Gasteiger partial charge in [-0.05, 0) is 31.0 Å². The Morgan fingerprint density at radius 2 is 1.95 bits per heavy atom. The lowest BCUT2D eigenvalue weighted by Crippen LogP contribution is -2.25. The number of hydrogen-bond donors (Lipinski definition) is 3. The summed E-state index contributed by atoms with van der Waals surface area (Å²) >= 11 is 0. The lowest BCUT2D eigenvalue weighted by Gasteiger charge is -2.12. The fourth-order valence-corrected chi connectivity index (χ4v) is 1.84. The van der Waals surface area contributed by atoms with E-state index in [0.717, 1.165) is 25.1 Å². The van der Waals surface area contributed by atoms with Crippen LogP contribution in [0, 0.1) is 0 Å². The van der Waals surface area contributed by atoms with E-state index < -0.39 is 0 Å². The molecule has 19 heavy (non-hydrogen) atoms. The van der Waals surface area contributed by atoms with E-state index in [9.17, 15) is 4.79 Å². The first-order valence-electron chi connectivity index (χ1n) is 7.10. The van der Waals surface area contributed by atoms with E-state index in [1.807, 2.05) is 19.1 Å². The van der Waals surface area contributed by atoms with Gasteiger partial charge in [0.25, 0.3) is 5.91 Å². The van der Waals surface area contributed by atoms with Crippen molar-refractivity contribution >= 4 is 17.3 Å². The maximum Gasteiger partial charge on any atom is 0.253 e. The number of unbranched alkanes of at least 4 members (excludes halogenated alkanes) is 2. The van der Waals surface area contributed by atoms with Gasteiger partial charge in [-0.1, -0.05) is 26.7 Å². The van der Waals surface area contributed by atoms with Gasteiger partial charge in [-0.25, -0.2) is 0 Å². The van der Waals surface area contributed by atoms with Crippen LogP contribution in [-0.2, 0) is 0 Å². The first kappa shape index (κ1) is 15.3. The molecule has 1 aromatic carbocycles. The van der Waals surface area contributed by atoms with Crippen molar-refractivity contribution < 1.29 is 4.79 Å². The molecular formula is C15H25N3O. The third-order valence-corrected chi connectivity index (χ3v) is 2.92. The number of nitrogens with one attached hydrogen (secondary N) is 2. The van der Waals surface area contributed by atoms with Crippen LogP contribution in [-0.4, -0.2) is 19.0 Å². The van der Waals surface area contributed by atoms with Gasteiger partial charge in [-0.15, -0.1) is 0 Å². The molecule has 0 bridgehead atoms. The van der Waals surface area contributed by atoms with Gasteiger partial charge in [0.2, 0.25) is 0 Å². The van der Waals surface area contributed by atoms with E-state index in [4.69, 9.17) is 5.73 Å². The van der Waals surface area contributed by atoms with Crippen LogP contribution >= 0.6 is 0 Å². The molecule has 0 saturated heterocycles. The van der Waals surface area contributed by atoms with Crippen LogP contribution in [0.3, 0.4) is 0 Å². The van der Waals surface area contributed by atoms with E-state index >= 15 is 0 Å². The summed E-state index contributed by atoms with van der Waals surface area (Å²) < 4.78 is 0. The summed E-state index contributed by atoms with van der Waals surface area (Å²) in [6.45, 7) is 5.77. The summed E-state index contributed by atoms with van der Waals surface area (Å²) in [5.41, 5.74) is 7.86. The fourth-order valence-electron chi connectivity index (χ4n) is 1.84. The number of carbonyl (C=O) groups is 1. The van der Waals surface area contributed by atoms with Crippen molar-refractivity contribution in [3.05, 3.63) is 23.8 Å². The highest BCUT2D eigenvalue weighted by Crippen LogP contribution is 2.19. The number of nitrogens with two attached hydrogens (primary N) is 1. The third kappa shape index (κ3) is 5.20. The fraction of sp³-hybridized carbons (Fsp3) is 0.533. The molecule has 1 rings (SSSR count). The molecule has 4 N–H and O–H groups in total. The number of anilines is 2. The summed E-state index contributed by atoms with van der Waals surface area (Å²) in [4.78, 5) is 12.1. The summed E-state index contributed by atoms with van der Waals surface area (Å²) in [6, 6.07) is 5.42.